The van der Waals surface area contributed by atoms with Crippen LogP contribution in [0.3, 0.4) is 0 Å². The first kappa shape index (κ1) is 21.3. The number of carbonyl (C=O) groups excluding carboxylic acids is 2. The number of rotatable bonds is 6. The molecule has 1 aliphatic heterocycles. The Hall–Kier alpha value is -2.89. The lowest BCUT2D eigenvalue weighted by Gasteiger charge is -2.37. The fourth-order valence-corrected chi connectivity index (χ4v) is 5.01. The van der Waals surface area contributed by atoms with Crippen LogP contribution in [0.1, 0.15) is 32.4 Å². The third-order valence-corrected chi connectivity index (χ3v) is 6.70. The smallest absolute Gasteiger partial charge is 0.254 e. The lowest BCUT2D eigenvalue weighted by atomic mass is 9.93. The minimum absolute atomic E-state index is 0.00328. The van der Waals surface area contributed by atoms with Crippen molar-refractivity contribution < 1.29 is 9.59 Å². The fraction of sp³-hybridized carbons (Fsp3) is 0.200. The van der Waals surface area contributed by atoms with E-state index in [1.54, 1.807) is 34.4 Å². The van der Waals surface area contributed by atoms with Gasteiger partial charge in [-0.1, -0.05) is 48.0 Å². The van der Waals surface area contributed by atoms with Gasteiger partial charge in [-0.05, 0) is 53.3 Å². The molecule has 1 atom stereocenters. The first-order valence-electron chi connectivity index (χ1n) is 10.1. The molecule has 4 nitrogen and oxygen atoms in total. The molecular formula is C25H23ClN2O2S. The van der Waals surface area contributed by atoms with Crippen molar-refractivity contribution in [3.05, 3.63) is 105 Å². The molecule has 1 aliphatic rings. The predicted molar refractivity (Wildman–Crippen MR) is 126 cm³/mol. The monoisotopic (exact) mass is 450 g/mol. The van der Waals surface area contributed by atoms with Gasteiger partial charge >= 0.3 is 0 Å². The van der Waals surface area contributed by atoms with E-state index in [0.717, 1.165) is 17.5 Å². The number of halogens is 1. The summed E-state index contributed by atoms with van der Waals surface area (Å²) >= 11 is 7.82. The maximum atomic E-state index is 13.5. The SMILES string of the molecule is C=CCN(CC(=O)N1CCc2sccc2C1c1ccc(Cl)cc1)C(=O)c1ccccc1. The molecular weight excluding hydrogens is 428 g/mol. The molecule has 2 heterocycles. The van der Waals surface area contributed by atoms with Crippen molar-refractivity contribution in [1.29, 1.82) is 0 Å². The number of amides is 2. The first-order valence-corrected chi connectivity index (χ1v) is 11.4. The zero-order valence-corrected chi connectivity index (χ0v) is 18.6. The maximum absolute atomic E-state index is 13.5. The van der Waals surface area contributed by atoms with Gasteiger partial charge in [-0.15, -0.1) is 17.9 Å². The standard InChI is InChI=1S/C25H23ClN2O2S/c1-2-14-27(25(30)19-6-4-3-5-7-19)17-23(29)28-15-12-22-21(13-16-31-22)24(28)18-8-10-20(26)11-9-18/h2-11,13,16,24H,1,12,14-15,17H2. The van der Waals surface area contributed by atoms with Crippen LogP contribution in [-0.2, 0) is 11.2 Å². The molecule has 2 aromatic carbocycles. The normalized spacial score (nSPS) is 15.3. The number of carbonyl (C=O) groups is 2. The van der Waals surface area contributed by atoms with E-state index < -0.39 is 0 Å². The summed E-state index contributed by atoms with van der Waals surface area (Å²) in [6, 6.07) is 18.6. The van der Waals surface area contributed by atoms with Gasteiger partial charge in [0, 0.05) is 28.6 Å². The maximum Gasteiger partial charge on any atom is 0.254 e. The number of thiophene rings is 1. The lowest BCUT2D eigenvalue weighted by molar-refractivity contribution is -0.133. The summed E-state index contributed by atoms with van der Waals surface area (Å²) < 4.78 is 0. The van der Waals surface area contributed by atoms with Crippen LogP contribution < -0.4 is 0 Å². The van der Waals surface area contributed by atoms with Crippen molar-refractivity contribution in [3.63, 3.8) is 0 Å². The van der Waals surface area contributed by atoms with Gasteiger partial charge in [0.05, 0.1) is 6.04 Å². The summed E-state index contributed by atoms with van der Waals surface area (Å²) in [5.74, 6) is -0.256. The van der Waals surface area contributed by atoms with Gasteiger partial charge in [0.1, 0.15) is 6.54 Å². The molecule has 0 aliphatic carbocycles. The summed E-state index contributed by atoms with van der Waals surface area (Å²) in [4.78, 5) is 31.2. The second-order valence-electron chi connectivity index (χ2n) is 7.43. The molecule has 0 N–H and O–H groups in total. The van der Waals surface area contributed by atoms with Crippen molar-refractivity contribution in [3.8, 4) is 0 Å². The summed E-state index contributed by atoms with van der Waals surface area (Å²) in [7, 11) is 0. The fourth-order valence-electron chi connectivity index (χ4n) is 3.98. The molecule has 0 fully saturated rings. The van der Waals surface area contributed by atoms with Crippen molar-refractivity contribution in [2.45, 2.75) is 12.5 Å². The Balaban J connectivity index is 1.61. The van der Waals surface area contributed by atoms with Crippen LogP contribution in [0.2, 0.25) is 5.02 Å². The molecule has 0 spiro atoms. The van der Waals surface area contributed by atoms with Crippen molar-refractivity contribution >= 4 is 34.8 Å². The van der Waals surface area contributed by atoms with Gasteiger partial charge in [0.25, 0.3) is 5.91 Å². The molecule has 158 valence electrons. The highest BCUT2D eigenvalue weighted by molar-refractivity contribution is 7.10. The lowest BCUT2D eigenvalue weighted by Crippen LogP contribution is -2.46. The van der Waals surface area contributed by atoms with E-state index in [0.29, 0.717) is 23.7 Å². The molecule has 31 heavy (non-hydrogen) atoms. The summed E-state index contributed by atoms with van der Waals surface area (Å²) in [6.45, 7) is 4.68. The van der Waals surface area contributed by atoms with Gasteiger partial charge in [0.15, 0.2) is 0 Å². The highest BCUT2D eigenvalue weighted by Crippen LogP contribution is 2.38. The number of hydrogen-bond donors (Lipinski definition) is 0. The molecule has 2 amide bonds. The Morgan fingerprint density at radius 3 is 2.58 bits per heavy atom. The number of hydrogen-bond acceptors (Lipinski definition) is 3. The minimum Gasteiger partial charge on any atom is -0.330 e. The zero-order chi connectivity index (χ0) is 21.8. The highest BCUT2D eigenvalue weighted by atomic mass is 35.5. The summed E-state index contributed by atoms with van der Waals surface area (Å²) in [5.41, 5.74) is 2.73. The molecule has 4 rings (SSSR count). The third kappa shape index (κ3) is 4.58. The average molecular weight is 451 g/mol. The molecule has 0 radical (unpaired) electrons. The minimum atomic E-state index is -0.183. The predicted octanol–water partition coefficient (Wildman–Crippen LogP) is 5.20. The van der Waals surface area contributed by atoms with Crippen LogP contribution in [0.4, 0.5) is 0 Å². The number of nitrogens with zero attached hydrogens (tertiary/aromatic N) is 2. The zero-order valence-electron chi connectivity index (χ0n) is 17.0. The van der Waals surface area contributed by atoms with Gasteiger partial charge in [-0.25, -0.2) is 0 Å². The first-order chi connectivity index (χ1) is 15.1. The van der Waals surface area contributed by atoms with Crippen molar-refractivity contribution in [2.24, 2.45) is 0 Å². The summed E-state index contributed by atoms with van der Waals surface area (Å²) in [5, 5.41) is 2.73. The Morgan fingerprint density at radius 2 is 1.87 bits per heavy atom. The molecule has 0 saturated heterocycles. The van der Waals surface area contributed by atoms with E-state index in [-0.39, 0.29) is 24.4 Å². The number of fused-ring (bicyclic) bond motifs is 1. The molecule has 1 unspecified atom stereocenters. The molecule has 0 saturated carbocycles. The van der Waals surface area contributed by atoms with Crippen molar-refractivity contribution in [1.82, 2.24) is 9.80 Å². The molecule has 6 heteroatoms. The second kappa shape index (κ2) is 9.50. The largest absolute Gasteiger partial charge is 0.330 e. The van der Waals surface area contributed by atoms with Crippen LogP contribution in [-0.4, -0.2) is 41.2 Å². The van der Waals surface area contributed by atoms with Crippen LogP contribution in [0.25, 0.3) is 0 Å². The second-order valence-corrected chi connectivity index (χ2v) is 8.87. The van der Waals surface area contributed by atoms with E-state index in [2.05, 4.69) is 18.0 Å². The Kier molecular flexibility index (Phi) is 6.54. The third-order valence-electron chi connectivity index (χ3n) is 5.46. The summed E-state index contributed by atoms with van der Waals surface area (Å²) in [6.07, 6.45) is 2.47. The Labute approximate surface area is 191 Å². The van der Waals surface area contributed by atoms with Crippen LogP contribution in [0.5, 0.6) is 0 Å². The van der Waals surface area contributed by atoms with Crippen LogP contribution >= 0.6 is 22.9 Å². The van der Waals surface area contributed by atoms with Gasteiger partial charge in [0.2, 0.25) is 5.91 Å². The molecule has 0 bridgehead atoms. The van der Waals surface area contributed by atoms with E-state index in [1.807, 2.05) is 47.4 Å². The van der Waals surface area contributed by atoms with E-state index in [1.165, 1.54) is 4.88 Å². The van der Waals surface area contributed by atoms with E-state index in [4.69, 9.17) is 11.6 Å². The van der Waals surface area contributed by atoms with Gasteiger partial charge in [-0.2, -0.15) is 0 Å². The van der Waals surface area contributed by atoms with Crippen LogP contribution in [0.15, 0.2) is 78.7 Å². The Bertz CT molecular complexity index is 1080. The number of benzene rings is 2. The molecule has 3 aromatic rings. The van der Waals surface area contributed by atoms with Gasteiger partial charge in [-0.3, -0.25) is 9.59 Å². The van der Waals surface area contributed by atoms with Gasteiger partial charge < -0.3 is 9.80 Å². The Morgan fingerprint density at radius 1 is 1.13 bits per heavy atom. The van der Waals surface area contributed by atoms with E-state index in [9.17, 15) is 9.59 Å². The van der Waals surface area contributed by atoms with Crippen molar-refractivity contribution in [2.75, 3.05) is 19.6 Å². The van der Waals surface area contributed by atoms with Crippen LogP contribution in [0, 0.1) is 0 Å². The quantitative estimate of drug-likeness (QED) is 0.484. The van der Waals surface area contributed by atoms with E-state index >= 15 is 0 Å². The topological polar surface area (TPSA) is 40.6 Å². The molecule has 1 aromatic heterocycles. The highest BCUT2D eigenvalue weighted by Gasteiger charge is 2.33. The average Bonchev–Trinajstić information content (AvgIpc) is 3.28.